The molecular weight excluding hydrogens is 412 g/mol. The highest BCUT2D eigenvalue weighted by molar-refractivity contribution is 5.87. The topological polar surface area (TPSA) is 105 Å². The first-order valence-corrected chi connectivity index (χ1v) is 11.5. The van der Waals surface area contributed by atoms with Gasteiger partial charge in [0.25, 0.3) is 0 Å². The number of rotatable bonds is 9. The average molecular weight is 449 g/mol. The molecule has 0 aliphatic carbocycles. The van der Waals surface area contributed by atoms with E-state index in [2.05, 4.69) is 5.32 Å². The zero-order valence-corrected chi connectivity index (χ0v) is 19.1. The quantitative estimate of drug-likeness (QED) is 0.559. The van der Waals surface area contributed by atoms with Crippen LogP contribution >= 0.6 is 0 Å². The Morgan fingerprint density at radius 2 is 1.91 bits per heavy atom. The molecule has 1 aromatic carbocycles. The van der Waals surface area contributed by atoms with E-state index in [1.54, 1.807) is 13.8 Å². The molecule has 32 heavy (non-hydrogen) atoms. The van der Waals surface area contributed by atoms with E-state index in [9.17, 15) is 19.5 Å². The van der Waals surface area contributed by atoms with Crippen LogP contribution in [-0.4, -0.2) is 72.3 Å². The highest BCUT2D eigenvalue weighted by atomic mass is 16.5. The fraction of sp³-hybridized carbons (Fsp3) is 0.625. The molecule has 3 atom stereocenters. The van der Waals surface area contributed by atoms with Gasteiger partial charge in [0.15, 0.2) is 0 Å². The second-order valence-corrected chi connectivity index (χ2v) is 8.06. The lowest BCUT2D eigenvalue weighted by molar-refractivity contribution is -0.153. The smallest absolute Gasteiger partial charge is 0.326 e. The number of benzene rings is 1. The molecule has 8 heteroatoms. The summed E-state index contributed by atoms with van der Waals surface area (Å²) >= 11 is 0. The molecule has 1 aliphatic rings. The van der Waals surface area contributed by atoms with Crippen molar-refractivity contribution in [1.29, 1.82) is 0 Å². The predicted octanol–water partition coefficient (Wildman–Crippen LogP) is 2.40. The summed E-state index contributed by atoms with van der Waals surface area (Å²) in [6.45, 7) is 5.06. The summed E-state index contributed by atoms with van der Waals surface area (Å²) in [7, 11) is 0. The van der Waals surface area contributed by atoms with Crippen LogP contribution in [-0.2, 0) is 30.3 Å². The molecule has 1 fully saturated rings. The van der Waals surface area contributed by atoms with Crippen molar-refractivity contribution in [3.05, 3.63) is 35.9 Å². The van der Waals surface area contributed by atoms with Crippen molar-refractivity contribution in [3.8, 4) is 0 Å². The Bertz CT molecular complexity index is 726. The van der Waals surface area contributed by atoms with E-state index < -0.39 is 30.1 Å². The molecule has 1 aliphatic heterocycles. The number of carboxylic acids is 1. The fourth-order valence-electron chi connectivity index (χ4n) is 3.90. The van der Waals surface area contributed by atoms with E-state index in [1.807, 2.05) is 30.3 Å². The SMILES string of the molecule is CCOC(=O)C(CCc1ccccc1)N[C@@H](C)C(=O)N1CCCOCCCC[C@H]1C(=O)O. The molecule has 0 bridgehead atoms. The molecule has 1 aromatic rings. The Hall–Kier alpha value is -2.45. The van der Waals surface area contributed by atoms with Crippen LogP contribution in [0.1, 0.15) is 51.5 Å². The number of aliphatic carboxylic acids is 1. The van der Waals surface area contributed by atoms with Gasteiger partial charge in [-0.2, -0.15) is 0 Å². The number of nitrogens with one attached hydrogen (secondary N) is 1. The van der Waals surface area contributed by atoms with Gasteiger partial charge in [-0.25, -0.2) is 4.79 Å². The van der Waals surface area contributed by atoms with Crippen LogP contribution in [0.3, 0.4) is 0 Å². The number of carbonyl (C=O) groups is 3. The van der Waals surface area contributed by atoms with Crippen molar-refractivity contribution in [2.45, 2.75) is 70.5 Å². The number of carboxylic acid groups (broad SMARTS) is 1. The zero-order chi connectivity index (χ0) is 23.3. The van der Waals surface area contributed by atoms with Gasteiger partial charge in [0, 0.05) is 19.8 Å². The second-order valence-electron chi connectivity index (χ2n) is 8.06. The minimum Gasteiger partial charge on any atom is -0.480 e. The summed E-state index contributed by atoms with van der Waals surface area (Å²) in [5.74, 6) is -1.74. The number of hydrogen-bond acceptors (Lipinski definition) is 6. The molecule has 178 valence electrons. The third-order valence-electron chi connectivity index (χ3n) is 5.61. The molecule has 0 saturated carbocycles. The van der Waals surface area contributed by atoms with Crippen molar-refractivity contribution in [3.63, 3.8) is 0 Å². The second kappa shape index (κ2) is 13.9. The molecule has 2 rings (SSSR count). The minimum atomic E-state index is -1.00. The molecule has 1 unspecified atom stereocenters. The summed E-state index contributed by atoms with van der Waals surface area (Å²) in [5, 5.41) is 12.9. The largest absolute Gasteiger partial charge is 0.480 e. The van der Waals surface area contributed by atoms with Gasteiger partial charge in [0.05, 0.1) is 12.6 Å². The number of carbonyl (C=O) groups excluding carboxylic acids is 2. The van der Waals surface area contributed by atoms with Crippen LogP contribution < -0.4 is 5.32 Å². The first kappa shape index (κ1) is 25.8. The van der Waals surface area contributed by atoms with E-state index in [0.717, 1.165) is 12.0 Å². The van der Waals surface area contributed by atoms with Gasteiger partial charge in [-0.05, 0) is 57.9 Å². The van der Waals surface area contributed by atoms with Crippen molar-refractivity contribution in [1.82, 2.24) is 10.2 Å². The molecule has 8 nitrogen and oxygen atoms in total. The van der Waals surface area contributed by atoms with Crippen LogP contribution in [0.15, 0.2) is 30.3 Å². The number of hydrogen-bond donors (Lipinski definition) is 2. The van der Waals surface area contributed by atoms with Crippen molar-refractivity contribution < 1.29 is 29.0 Å². The van der Waals surface area contributed by atoms with Crippen molar-refractivity contribution >= 4 is 17.8 Å². The number of aryl methyl sites for hydroxylation is 1. The maximum absolute atomic E-state index is 13.3. The van der Waals surface area contributed by atoms with Gasteiger partial charge in [-0.3, -0.25) is 14.9 Å². The van der Waals surface area contributed by atoms with Gasteiger partial charge in [-0.15, -0.1) is 0 Å². The van der Waals surface area contributed by atoms with Gasteiger partial charge in [0.2, 0.25) is 5.91 Å². The number of nitrogens with zero attached hydrogens (tertiary/aromatic N) is 1. The molecule has 1 amide bonds. The number of esters is 1. The summed E-state index contributed by atoms with van der Waals surface area (Å²) in [6.07, 6.45) is 3.51. The molecule has 0 aromatic heterocycles. The maximum Gasteiger partial charge on any atom is 0.326 e. The third kappa shape index (κ3) is 8.24. The predicted molar refractivity (Wildman–Crippen MR) is 120 cm³/mol. The zero-order valence-electron chi connectivity index (χ0n) is 19.1. The van der Waals surface area contributed by atoms with Crippen LogP contribution in [0.25, 0.3) is 0 Å². The number of amides is 1. The number of ether oxygens (including phenoxy) is 2. The van der Waals surface area contributed by atoms with E-state index in [-0.39, 0.29) is 12.5 Å². The fourth-order valence-corrected chi connectivity index (χ4v) is 3.90. The van der Waals surface area contributed by atoms with E-state index in [4.69, 9.17) is 9.47 Å². The van der Waals surface area contributed by atoms with E-state index in [1.165, 1.54) is 4.90 Å². The first-order chi connectivity index (χ1) is 15.4. The van der Waals surface area contributed by atoms with Crippen molar-refractivity contribution in [2.75, 3.05) is 26.4 Å². The highest BCUT2D eigenvalue weighted by Gasteiger charge is 2.33. The molecule has 2 N–H and O–H groups in total. The van der Waals surface area contributed by atoms with Crippen LogP contribution in [0.4, 0.5) is 0 Å². The summed E-state index contributed by atoms with van der Waals surface area (Å²) < 4.78 is 10.7. The summed E-state index contributed by atoms with van der Waals surface area (Å²) in [4.78, 5) is 39.1. The molecular formula is C24H36N2O6. The minimum absolute atomic E-state index is 0.248. The Morgan fingerprint density at radius 3 is 2.59 bits per heavy atom. The lowest BCUT2D eigenvalue weighted by atomic mass is 10.0. The first-order valence-electron chi connectivity index (χ1n) is 11.5. The third-order valence-corrected chi connectivity index (χ3v) is 5.61. The Kier molecular flexibility index (Phi) is 11.2. The van der Waals surface area contributed by atoms with Gasteiger partial charge >= 0.3 is 11.9 Å². The molecule has 0 spiro atoms. The van der Waals surface area contributed by atoms with Crippen LogP contribution in [0, 0.1) is 0 Å². The van der Waals surface area contributed by atoms with Crippen LogP contribution in [0.5, 0.6) is 0 Å². The Labute approximate surface area is 190 Å². The molecule has 0 radical (unpaired) electrons. The summed E-state index contributed by atoms with van der Waals surface area (Å²) in [5.41, 5.74) is 1.09. The van der Waals surface area contributed by atoms with E-state index in [0.29, 0.717) is 51.9 Å². The average Bonchev–Trinajstić information content (AvgIpc) is 2.79. The van der Waals surface area contributed by atoms with Crippen molar-refractivity contribution in [2.24, 2.45) is 0 Å². The van der Waals surface area contributed by atoms with E-state index >= 15 is 0 Å². The Morgan fingerprint density at radius 1 is 1.19 bits per heavy atom. The molecule has 1 saturated heterocycles. The lowest BCUT2D eigenvalue weighted by Gasteiger charge is -2.33. The molecule has 1 heterocycles. The lowest BCUT2D eigenvalue weighted by Crippen LogP contribution is -2.55. The highest BCUT2D eigenvalue weighted by Crippen LogP contribution is 2.15. The van der Waals surface area contributed by atoms with Crippen LogP contribution in [0.2, 0.25) is 0 Å². The maximum atomic E-state index is 13.3. The summed E-state index contributed by atoms with van der Waals surface area (Å²) in [6, 6.07) is 7.52. The van der Waals surface area contributed by atoms with Gasteiger partial charge < -0.3 is 19.5 Å². The standard InChI is InChI=1S/C24H36N2O6/c1-3-32-24(30)20(14-13-19-10-5-4-6-11-19)25-18(2)22(27)26-15-9-17-31-16-8-7-12-21(26)23(28)29/h4-6,10-11,18,20-21,25H,3,7-9,12-17H2,1-2H3,(H,28,29)/t18-,20?,21-/m0/s1. The Balaban J connectivity index is 2.09. The van der Waals surface area contributed by atoms with Gasteiger partial charge in [0.1, 0.15) is 12.1 Å². The monoisotopic (exact) mass is 448 g/mol. The normalized spacial score (nSPS) is 19.6. The van der Waals surface area contributed by atoms with Gasteiger partial charge in [-0.1, -0.05) is 30.3 Å².